The number of hydrogen-bond acceptors (Lipinski definition) is 0. The smallest absolute Gasteiger partial charge is 0.0575 e. The van der Waals surface area contributed by atoms with E-state index in [4.69, 9.17) is 0 Å². The molecule has 136 valence electrons. The molecule has 4 saturated carbocycles. The monoisotopic (exact) mass is 344 g/mol. The van der Waals surface area contributed by atoms with E-state index in [0.29, 0.717) is 0 Å². The van der Waals surface area contributed by atoms with Crippen LogP contribution in [-0.2, 0) is 0 Å². The Balaban J connectivity index is 1.67. The molecule has 0 saturated heterocycles. The largest absolute Gasteiger partial charge is 0.103 e. The van der Waals surface area contributed by atoms with Gasteiger partial charge >= 0.3 is 0 Å². The van der Waals surface area contributed by atoms with Crippen molar-refractivity contribution in [3.05, 3.63) is 12.7 Å². The number of hydrogen-bond donors (Lipinski definition) is 0. The molecule has 4 aliphatic rings. The van der Waals surface area contributed by atoms with E-state index in [1.54, 1.807) is 70.3 Å². The van der Waals surface area contributed by atoms with Gasteiger partial charge in [-0.05, 0) is 54.0 Å². The second kappa shape index (κ2) is 7.29. The van der Waals surface area contributed by atoms with Gasteiger partial charge in [0.1, 0.15) is 0 Å². The highest BCUT2D eigenvalue weighted by Gasteiger charge is 2.58. The van der Waals surface area contributed by atoms with E-state index in [1.165, 1.54) is 24.8 Å². The first-order valence-electron chi connectivity index (χ1n) is 11.4. The van der Waals surface area contributed by atoms with Crippen LogP contribution in [0.25, 0.3) is 0 Å². The molecule has 0 aliphatic heterocycles. The molecule has 0 bridgehead atoms. The van der Waals surface area contributed by atoms with Crippen molar-refractivity contribution < 1.29 is 0 Å². The van der Waals surface area contributed by atoms with E-state index in [0.717, 1.165) is 29.2 Å². The molecule has 0 heterocycles. The summed E-state index contributed by atoms with van der Waals surface area (Å²) in [6, 6.07) is 1.57. The van der Waals surface area contributed by atoms with E-state index in [-0.39, 0.29) is 0 Å². The lowest BCUT2D eigenvalue weighted by Crippen LogP contribution is -2.45. The minimum atomic E-state index is -1.19. The van der Waals surface area contributed by atoms with Gasteiger partial charge in [-0.2, -0.15) is 0 Å². The highest BCUT2D eigenvalue weighted by molar-refractivity contribution is 6.81. The lowest BCUT2D eigenvalue weighted by atomic mass is 9.73. The molecule has 0 aromatic carbocycles. The summed E-state index contributed by atoms with van der Waals surface area (Å²) in [5.74, 6) is 4.58. The van der Waals surface area contributed by atoms with Crippen LogP contribution in [0.5, 0.6) is 0 Å². The molecule has 1 heteroatoms. The summed E-state index contributed by atoms with van der Waals surface area (Å²) in [6.07, 6.45) is 22.4. The second-order valence-electron chi connectivity index (χ2n) is 10.1. The molecule has 0 amide bonds. The molecule has 0 aromatic heterocycles. The van der Waals surface area contributed by atoms with Crippen LogP contribution in [0.1, 0.15) is 83.5 Å². The molecular weight excluding hydrogens is 304 g/mol. The minimum absolute atomic E-state index is 1.14. The molecule has 0 spiro atoms. The summed E-state index contributed by atoms with van der Waals surface area (Å²) in [4.78, 5) is 0. The van der Waals surface area contributed by atoms with Crippen LogP contribution in [0.2, 0.25) is 23.7 Å². The van der Waals surface area contributed by atoms with Crippen molar-refractivity contribution in [2.24, 2.45) is 23.7 Å². The predicted molar refractivity (Wildman–Crippen MR) is 108 cm³/mol. The molecule has 4 fully saturated rings. The zero-order valence-corrected chi connectivity index (χ0v) is 17.1. The van der Waals surface area contributed by atoms with Gasteiger partial charge in [-0.25, -0.2) is 0 Å². The number of fused-ring (bicyclic) bond motifs is 3. The van der Waals surface area contributed by atoms with Crippen molar-refractivity contribution in [3.8, 4) is 0 Å². The van der Waals surface area contributed by atoms with Crippen LogP contribution in [0, 0.1) is 23.7 Å². The Morgan fingerprint density at radius 3 is 1.71 bits per heavy atom. The van der Waals surface area contributed by atoms with Gasteiger partial charge in [-0.3, -0.25) is 0 Å². The van der Waals surface area contributed by atoms with Gasteiger partial charge in [0.25, 0.3) is 0 Å². The Bertz CT molecular complexity index is 415. The lowest BCUT2D eigenvalue weighted by molar-refractivity contribution is 0.184. The van der Waals surface area contributed by atoms with E-state index in [9.17, 15) is 0 Å². The Labute approximate surface area is 151 Å². The van der Waals surface area contributed by atoms with Crippen molar-refractivity contribution in [2.45, 2.75) is 107 Å². The highest BCUT2D eigenvalue weighted by atomic mass is 28.3. The molecule has 4 rings (SSSR count). The van der Waals surface area contributed by atoms with Crippen LogP contribution in [-0.4, -0.2) is 8.07 Å². The minimum Gasteiger partial charge on any atom is -0.103 e. The number of rotatable bonds is 5. The van der Waals surface area contributed by atoms with E-state index >= 15 is 0 Å². The van der Waals surface area contributed by atoms with Crippen molar-refractivity contribution in [1.29, 1.82) is 0 Å². The summed E-state index contributed by atoms with van der Waals surface area (Å²) in [5.41, 5.74) is 2.35. The average Bonchev–Trinajstić information content (AvgIpc) is 3.26. The summed E-state index contributed by atoms with van der Waals surface area (Å²) in [6.45, 7) is 6.99. The first-order valence-corrected chi connectivity index (χ1v) is 14.2. The molecule has 0 N–H and O–H groups in total. The summed E-state index contributed by atoms with van der Waals surface area (Å²) in [7, 11) is -1.19. The van der Waals surface area contributed by atoms with E-state index in [2.05, 4.69) is 19.2 Å². The van der Waals surface area contributed by atoms with Crippen LogP contribution in [0.15, 0.2) is 12.7 Å². The van der Waals surface area contributed by atoms with E-state index in [1.807, 2.05) is 0 Å². The molecule has 0 nitrogen and oxygen atoms in total. The van der Waals surface area contributed by atoms with Gasteiger partial charge < -0.3 is 0 Å². The average molecular weight is 345 g/mol. The van der Waals surface area contributed by atoms with Crippen LogP contribution < -0.4 is 0 Å². The molecular formula is C23H40Si. The standard InChI is InChI=1S/C23H40Si/c1-3-4-17-24(2,18-11-5-6-12-18)23-21-15-9-7-13-19(21)20-14-8-10-16-22(20)23/h3,18-23H,1,4-17H2,2H3. The first-order chi connectivity index (χ1) is 11.8. The Hall–Kier alpha value is -0.0431. The maximum absolute atomic E-state index is 4.10. The van der Waals surface area contributed by atoms with Crippen molar-refractivity contribution in [2.75, 3.05) is 0 Å². The molecule has 5 unspecified atom stereocenters. The maximum Gasteiger partial charge on any atom is 0.0575 e. The molecule has 0 radical (unpaired) electrons. The third kappa shape index (κ3) is 2.87. The fourth-order valence-electron chi connectivity index (χ4n) is 8.27. The zero-order chi connectivity index (χ0) is 16.6. The van der Waals surface area contributed by atoms with Gasteiger partial charge in [0.05, 0.1) is 8.07 Å². The summed E-state index contributed by atoms with van der Waals surface area (Å²) < 4.78 is 0. The van der Waals surface area contributed by atoms with Crippen LogP contribution in [0.3, 0.4) is 0 Å². The molecule has 5 atom stereocenters. The fourth-order valence-corrected chi connectivity index (χ4v) is 14.9. The lowest BCUT2D eigenvalue weighted by Gasteiger charge is -2.46. The fraction of sp³-hybridized carbons (Fsp3) is 0.913. The topological polar surface area (TPSA) is 0 Å². The number of allylic oxidation sites excluding steroid dienone is 1. The quantitative estimate of drug-likeness (QED) is 0.356. The molecule has 0 aromatic rings. The maximum atomic E-state index is 4.10. The Morgan fingerprint density at radius 1 is 0.750 bits per heavy atom. The van der Waals surface area contributed by atoms with Crippen molar-refractivity contribution in [3.63, 3.8) is 0 Å². The second-order valence-corrected chi connectivity index (χ2v) is 15.1. The SMILES string of the molecule is C=CCC[Si](C)(C1CCCC1)C1C2CCCCC2C2CCCCC21. The highest BCUT2D eigenvalue weighted by Crippen LogP contribution is 2.66. The van der Waals surface area contributed by atoms with Gasteiger partial charge in [0.15, 0.2) is 0 Å². The summed E-state index contributed by atoms with van der Waals surface area (Å²) >= 11 is 0. The summed E-state index contributed by atoms with van der Waals surface area (Å²) in [5, 5.41) is 0. The third-order valence-corrected chi connectivity index (χ3v) is 15.3. The Morgan fingerprint density at radius 2 is 1.21 bits per heavy atom. The Kier molecular flexibility index (Phi) is 5.28. The van der Waals surface area contributed by atoms with Gasteiger partial charge in [0.2, 0.25) is 0 Å². The zero-order valence-electron chi connectivity index (χ0n) is 16.1. The van der Waals surface area contributed by atoms with Crippen LogP contribution in [0.4, 0.5) is 0 Å². The van der Waals surface area contributed by atoms with E-state index < -0.39 is 8.07 Å². The van der Waals surface area contributed by atoms with Crippen LogP contribution >= 0.6 is 0 Å². The third-order valence-electron chi connectivity index (χ3n) is 9.16. The van der Waals surface area contributed by atoms with Gasteiger partial charge in [-0.1, -0.05) is 82.9 Å². The van der Waals surface area contributed by atoms with Crippen molar-refractivity contribution >= 4 is 8.07 Å². The predicted octanol–water partition coefficient (Wildman–Crippen LogP) is 7.58. The normalized spacial score (nSPS) is 42.3. The first kappa shape index (κ1) is 17.4. The van der Waals surface area contributed by atoms with Gasteiger partial charge in [0, 0.05) is 0 Å². The molecule has 4 aliphatic carbocycles. The van der Waals surface area contributed by atoms with Gasteiger partial charge in [-0.15, -0.1) is 6.58 Å². The molecule has 24 heavy (non-hydrogen) atoms. The van der Waals surface area contributed by atoms with Crippen molar-refractivity contribution in [1.82, 2.24) is 0 Å².